The summed E-state index contributed by atoms with van der Waals surface area (Å²) in [6.45, 7) is 1.45. The van der Waals surface area contributed by atoms with E-state index in [0.29, 0.717) is 10.8 Å². The molecule has 0 saturated carbocycles. The molecule has 0 fully saturated rings. The maximum Gasteiger partial charge on any atom is 0.195 e. The number of carbonyl (C=O) groups excluding carboxylic acids is 1. The first kappa shape index (κ1) is 9.34. The van der Waals surface area contributed by atoms with Gasteiger partial charge in [0.25, 0.3) is 0 Å². The van der Waals surface area contributed by atoms with Gasteiger partial charge in [0.05, 0.1) is 0 Å². The van der Waals surface area contributed by atoms with Crippen molar-refractivity contribution in [3.63, 3.8) is 0 Å². The quantitative estimate of drug-likeness (QED) is 0.749. The molecular formula is C6H8N2O2S2. The third-order valence-corrected chi connectivity index (χ3v) is 2.46. The molecule has 12 heavy (non-hydrogen) atoms. The number of carbonyl (C=O) groups is 1. The van der Waals surface area contributed by atoms with Crippen molar-refractivity contribution in [3.05, 3.63) is 11.1 Å². The van der Waals surface area contributed by atoms with E-state index in [4.69, 9.17) is 0 Å². The molecule has 0 radical (unpaired) electrons. The van der Waals surface area contributed by atoms with Gasteiger partial charge >= 0.3 is 0 Å². The van der Waals surface area contributed by atoms with E-state index in [2.05, 4.69) is 9.71 Å². The Kier molecular flexibility index (Phi) is 2.93. The molecule has 0 aromatic carbocycles. The fourth-order valence-corrected chi connectivity index (χ4v) is 2.03. The van der Waals surface area contributed by atoms with E-state index >= 15 is 0 Å². The largest absolute Gasteiger partial charge is 0.293 e. The molecule has 1 rings (SSSR count). The van der Waals surface area contributed by atoms with Gasteiger partial charge in [-0.3, -0.25) is 9.52 Å². The van der Waals surface area contributed by atoms with Gasteiger partial charge < -0.3 is 0 Å². The summed E-state index contributed by atoms with van der Waals surface area (Å²) in [4.78, 5) is 14.7. The first-order chi connectivity index (χ1) is 5.59. The van der Waals surface area contributed by atoms with Crippen molar-refractivity contribution < 1.29 is 9.00 Å². The van der Waals surface area contributed by atoms with Gasteiger partial charge in [0.15, 0.2) is 10.9 Å². The summed E-state index contributed by atoms with van der Waals surface area (Å²) in [5.74, 6) is -0.0822. The zero-order valence-electron chi connectivity index (χ0n) is 6.66. The Morgan fingerprint density at radius 3 is 2.83 bits per heavy atom. The molecule has 0 amide bonds. The summed E-state index contributed by atoms with van der Waals surface area (Å²) in [5.41, 5.74) is 0.410. The average molecular weight is 204 g/mol. The number of aromatic nitrogens is 1. The Bertz CT molecular complexity index is 321. The number of nitrogens with one attached hydrogen (secondary N) is 1. The number of hydrogen-bond acceptors (Lipinski definition) is 4. The summed E-state index contributed by atoms with van der Waals surface area (Å²) in [7, 11) is -1.13. The Morgan fingerprint density at radius 1 is 1.75 bits per heavy atom. The number of nitrogens with zero attached hydrogens (tertiary/aromatic N) is 1. The summed E-state index contributed by atoms with van der Waals surface area (Å²) < 4.78 is 13.3. The van der Waals surface area contributed by atoms with Gasteiger partial charge in [-0.15, -0.1) is 11.3 Å². The highest BCUT2D eigenvalue weighted by molar-refractivity contribution is 7.85. The van der Waals surface area contributed by atoms with E-state index in [0.717, 1.165) is 0 Å². The summed E-state index contributed by atoms with van der Waals surface area (Å²) >= 11 is 1.27. The average Bonchev–Trinajstić information content (AvgIpc) is 2.34. The highest BCUT2D eigenvalue weighted by Crippen LogP contribution is 2.15. The van der Waals surface area contributed by atoms with Crippen LogP contribution in [0.2, 0.25) is 0 Å². The Balaban J connectivity index is 2.77. The number of anilines is 1. The molecule has 1 heterocycles. The van der Waals surface area contributed by atoms with Gasteiger partial charge in [-0.25, -0.2) is 9.19 Å². The molecule has 66 valence electrons. The molecule has 0 spiro atoms. The van der Waals surface area contributed by atoms with E-state index in [1.165, 1.54) is 24.5 Å². The van der Waals surface area contributed by atoms with E-state index in [1.807, 2.05) is 0 Å². The smallest absolute Gasteiger partial charge is 0.195 e. The minimum absolute atomic E-state index is 0.0822. The fourth-order valence-electron chi connectivity index (χ4n) is 0.605. The molecule has 0 aliphatic heterocycles. The molecule has 4 nitrogen and oxygen atoms in total. The molecule has 1 aromatic rings. The zero-order valence-corrected chi connectivity index (χ0v) is 8.29. The monoisotopic (exact) mass is 204 g/mol. The van der Waals surface area contributed by atoms with Crippen molar-refractivity contribution in [3.8, 4) is 0 Å². The second kappa shape index (κ2) is 3.77. The summed E-state index contributed by atoms with van der Waals surface area (Å²) in [6, 6.07) is 0. The summed E-state index contributed by atoms with van der Waals surface area (Å²) in [5, 5.41) is 2.15. The lowest BCUT2D eigenvalue weighted by Crippen LogP contribution is -2.01. The molecule has 6 heteroatoms. The Hall–Kier alpha value is -0.750. The number of thiazole rings is 1. The standard InChI is InChI=1S/C6H8N2O2S2/c1-4(9)5-3-11-6(7-5)8-12(2)10/h3H,1-2H3,(H,7,8). The van der Waals surface area contributed by atoms with Gasteiger partial charge in [0.2, 0.25) is 0 Å². The molecule has 1 atom stereocenters. The number of Topliss-reactive ketones (excluding diaryl/α,β-unsaturated/α-hetero) is 1. The Morgan fingerprint density at radius 2 is 2.42 bits per heavy atom. The van der Waals surface area contributed by atoms with Gasteiger partial charge in [-0.2, -0.15) is 0 Å². The van der Waals surface area contributed by atoms with Gasteiger partial charge in [0, 0.05) is 18.6 Å². The molecule has 1 unspecified atom stereocenters. The highest BCUT2D eigenvalue weighted by Gasteiger charge is 2.05. The number of rotatable bonds is 3. The van der Waals surface area contributed by atoms with Crippen LogP contribution in [0.4, 0.5) is 5.13 Å². The third kappa shape index (κ3) is 2.38. The van der Waals surface area contributed by atoms with Crippen molar-refractivity contribution in [1.82, 2.24) is 4.98 Å². The number of hydrogen-bond donors (Lipinski definition) is 1. The van der Waals surface area contributed by atoms with Crippen LogP contribution in [0.1, 0.15) is 17.4 Å². The van der Waals surface area contributed by atoms with Crippen LogP contribution in [-0.2, 0) is 11.0 Å². The van der Waals surface area contributed by atoms with Crippen LogP contribution in [0, 0.1) is 0 Å². The van der Waals surface area contributed by atoms with Gasteiger partial charge in [-0.05, 0) is 0 Å². The molecule has 0 saturated heterocycles. The highest BCUT2D eigenvalue weighted by atomic mass is 32.2. The molecule has 1 aromatic heterocycles. The zero-order chi connectivity index (χ0) is 9.14. The van der Waals surface area contributed by atoms with Crippen LogP contribution in [0.15, 0.2) is 5.38 Å². The molecule has 1 N–H and O–H groups in total. The fraction of sp³-hybridized carbons (Fsp3) is 0.333. The van der Waals surface area contributed by atoms with Crippen molar-refractivity contribution in [1.29, 1.82) is 0 Å². The van der Waals surface area contributed by atoms with Gasteiger partial charge in [-0.1, -0.05) is 0 Å². The molecule has 0 bridgehead atoms. The van der Waals surface area contributed by atoms with Crippen molar-refractivity contribution >= 4 is 33.2 Å². The van der Waals surface area contributed by atoms with E-state index in [1.54, 1.807) is 5.38 Å². The third-order valence-electron chi connectivity index (χ3n) is 1.10. The number of ketones is 1. The van der Waals surface area contributed by atoms with Crippen LogP contribution in [0.25, 0.3) is 0 Å². The van der Waals surface area contributed by atoms with Crippen molar-refractivity contribution in [2.75, 3.05) is 11.0 Å². The van der Waals surface area contributed by atoms with Crippen LogP contribution in [0.5, 0.6) is 0 Å². The first-order valence-electron chi connectivity index (χ1n) is 3.16. The lowest BCUT2D eigenvalue weighted by molar-refractivity contribution is 0.101. The lowest BCUT2D eigenvalue weighted by atomic mass is 10.4. The maximum absolute atomic E-state index is 10.8. The molecule has 0 aliphatic rings. The predicted molar refractivity (Wildman–Crippen MR) is 49.8 cm³/mol. The van der Waals surface area contributed by atoms with Gasteiger partial charge in [0.1, 0.15) is 16.7 Å². The Labute approximate surface area is 76.6 Å². The summed E-state index contributed by atoms with van der Waals surface area (Å²) in [6.07, 6.45) is 1.51. The minimum Gasteiger partial charge on any atom is -0.293 e. The van der Waals surface area contributed by atoms with E-state index in [9.17, 15) is 9.00 Å². The topological polar surface area (TPSA) is 59.1 Å². The van der Waals surface area contributed by atoms with Crippen molar-refractivity contribution in [2.24, 2.45) is 0 Å². The molecule has 0 aliphatic carbocycles. The second-order valence-electron chi connectivity index (χ2n) is 2.15. The maximum atomic E-state index is 10.8. The van der Waals surface area contributed by atoms with E-state index in [-0.39, 0.29) is 5.78 Å². The minimum atomic E-state index is -1.13. The molecular weight excluding hydrogens is 196 g/mol. The normalized spacial score (nSPS) is 12.5. The van der Waals surface area contributed by atoms with Crippen LogP contribution >= 0.6 is 11.3 Å². The first-order valence-corrected chi connectivity index (χ1v) is 5.60. The predicted octanol–water partition coefficient (Wildman–Crippen LogP) is 1.05. The van der Waals surface area contributed by atoms with Crippen LogP contribution < -0.4 is 4.72 Å². The van der Waals surface area contributed by atoms with E-state index < -0.39 is 11.0 Å². The van der Waals surface area contributed by atoms with Crippen LogP contribution in [-0.4, -0.2) is 21.2 Å². The second-order valence-corrected chi connectivity index (χ2v) is 4.12. The van der Waals surface area contributed by atoms with Crippen molar-refractivity contribution in [2.45, 2.75) is 6.92 Å². The lowest BCUT2D eigenvalue weighted by Gasteiger charge is -1.93. The van der Waals surface area contributed by atoms with Crippen LogP contribution in [0.3, 0.4) is 0 Å². The SMILES string of the molecule is CC(=O)c1csc(NS(C)=O)n1.